The van der Waals surface area contributed by atoms with Crippen LogP contribution in [0.15, 0.2) is 36.7 Å². The Bertz CT molecular complexity index is 648. The van der Waals surface area contributed by atoms with E-state index in [1.54, 1.807) is 18.0 Å². The van der Waals surface area contributed by atoms with Gasteiger partial charge >= 0.3 is 0 Å². The molecule has 1 atom stereocenters. The predicted octanol–water partition coefficient (Wildman–Crippen LogP) is 2.56. The van der Waals surface area contributed by atoms with Crippen molar-refractivity contribution in [2.75, 3.05) is 13.7 Å². The number of rotatable bonds is 4. The van der Waals surface area contributed by atoms with Crippen LogP contribution in [-0.2, 0) is 11.3 Å². The van der Waals surface area contributed by atoms with E-state index in [4.69, 9.17) is 4.74 Å². The Kier molecular flexibility index (Phi) is 4.13. The lowest BCUT2D eigenvalue weighted by Gasteiger charge is -2.25. The molecule has 5 heteroatoms. The van der Waals surface area contributed by atoms with E-state index in [0.29, 0.717) is 6.54 Å². The Labute approximate surface area is 130 Å². The summed E-state index contributed by atoms with van der Waals surface area (Å²) in [6.45, 7) is 3.10. The van der Waals surface area contributed by atoms with Gasteiger partial charge in [0.1, 0.15) is 12.3 Å². The maximum Gasteiger partial charge on any atom is 0.244 e. The van der Waals surface area contributed by atoms with Crippen LogP contribution in [0, 0.1) is 6.92 Å². The summed E-state index contributed by atoms with van der Waals surface area (Å²) in [5, 5.41) is 4.20. The number of ether oxygens (including phenoxy) is 1. The lowest BCUT2D eigenvalue weighted by molar-refractivity contribution is -0.133. The molecule has 3 rings (SSSR count). The molecule has 116 valence electrons. The Morgan fingerprint density at radius 3 is 2.77 bits per heavy atom. The van der Waals surface area contributed by atoms with Crippen molar-refractivity contribution in [2.45, 2.75) is 32.4 Å². The minimum atomic E-state index is 0.126. The molecular formula is C17H21N3O2. The average molecular weight is 299 g/mol. The fraction of sp³-hybridized carbons (Fsp3) is 0.412. The number of hydrogen-bond acceptors (Lipinski definition) is 3. The van der Waals surface area contributed by atoms with Crippen LogP contribution in [-0.4, -0.2) is 34.2 Å². The van der Waals surface area contributed by atoms with Gasteiger partial charge in [-0.1, -0.05) is 12.1 Å². The second kappa shape index (κ2) is 6.22. The van der Waals surface area contributed by atoms with Gasteiger partial charge in [-0.2, -0.15) is 5.10 Å². The van der Waals surface area contributed by atoms with E-state index in [1.165, 1.54) is 5.56 Å². The molecule has 1 saturated heterocycles. The Balaban J connectivity index is 1.72. The minimum absolute atomic E-state index is 0.126. The third kappa shape index (κ3) is 2.98. The number of aryl methyl sites for hydroxylation is 1. The molecule has 0 aliphatic carbocycles. The number of likely N-dealkylation sites (tertiary alicyclic amines) is 1. The van der Waals surface area contributed by atoms with Crippen molar-refractivity contribution in [3.05, 3.63) is 47.8 Å². The first-order chi connectivity index (χ1) is 10.7. The molecule has 0 bridgehead atoms. The fourth-order valence-corrected chi connectivity index (χ4v) is 3.02. The maximum atomic E-state index is 12.6. The van der Waals surface area contributed by atoms with Crippen molar-refractivity contribution in [3.63, 3.8) is 0 Å². The van der Waals surface area contributed by atoms with Gasteiger partial charge in [0.2, 0.25) is 5.91 Å². The third-order valence-electron chi connectivity index (χ3n) is 4.13. The van der Waals surface area contributed by atoms with Crippen LogP contribution in [0.3, 0.4) is 0 Å². The van der Waals surface area contributed by atoms with E-state index in [9.17, 15) is 4.79 Å². The summed E-state index contributed by atoms with van der Waals surface area (Å²) in [7, 11) is 1.66. The van der Waals surface area contributed by atoms with Gasteiger partial charge in [-0.3, -0.25) is 9.48 Å². The van der Waals surface area contributed by atoms with Gasteiger partial charge in [0.05, 0.1) is 19.3 Å². The largest absolute Gasteiger partial charge is 0.497 e. The van der Waals surface area contributed by atoms with Gasteiger partial charge in [0.15, 0.2) is 0 Å². The summed E-state index contributed by atoms with van der Waals surface area (Å²) in [4.78, 5) is 14.5. The minimum Gasteiger partial charge on any atom is -0.497 e. The third-order valence-corrected chi connectivity index (χ3v) is 4.13. The number of amides is 1. The zero-order valence-electron chi connectivity index (χ0n) is 13.0. The van der Waals surface area contributed by atoms with Crippen LogP contribution in [0.2, 0.25) is 0 Å². The van der Waals surface area contributed by atoms with Crippen LogP contribution in [0.1, 0.15) is 30.0 Å². The lowest BCUT2D eigenvalue weighted by atomic mass is 10.0. The molecule has 5 nitrogen and oxygen atoms in total. The summed E-state index contributed by atoms with van der Waals surface area (Å²) in [5.74, 6) is 0.966. The molecule has 1 aromatic carbocycles. The zero-order valence-corrected chi connectivity index (χ0v) is 13.0. The quantitative estimate of drug-likeness (QED) is 0.871. The molecular weight excluding hydrogens is 278 g/mol. The molecule has 1 aliphatic rings. The highest BCUT2D eigenvalue weighted by Gasteiger charge is 2.29. The van der Waals surface area contributed by atoms with Crippen molar-refractivity contribution in [1.82, 2.24) is 14.7 Å². The van der Waals surface area contributed by atoms with Crippen LogP contribution < -0.4 is 4.74 Å². The Morgan fingerprint density at radius 2 is 2.14 bits per heavy atom. The van der Waals surface area contributed by atoms with E-state index in [2.05, 4.69) is 5.10 Å². The topological polar surface area (TPSA) is 47.4 Å². The summed E-state index contributed by atoms with van der Waals surface area (Å²) in [5.41, 5.74) is 2.24. The highest BCUT2D eigenvalue weighted by atomic mass is 16.5. The highest BCUT2D eigenvalue weighted by Crippen LogP contribution is 2.32. The molecule has 0 saturated carbocycles. The van der Waals surface area contributed by atoms with Gasteiger partial charge in [-0.05, 0) is 43.0 Å². The number of nitrogens with zero attached hydrogens (tertiary/aromatic N) is 3. The number of hydrogen-bond donors (Lipinski definition) is 0. The molecule has 0 N–H and O–H groups in total. The van der Waals surface area contributed by atoms with E-state index in [-0.39, 0.29) is 11.9 Å². The molecule has 0 spiro atoms. The normalized spacial score (nSPS) is 17.7. The second-order valence-corrected chi connectivity index (χ2v) is 5.73. The maximum absolute atomic E-state index is 12.6. The highest BCUT2D eigenvalue weighted by molar-refractivity contribution is 5.76. The lowest BCUT2D eigenvalue weighted by Crippen LogP contribution is -2.33. The summed E-state index contributed by atoms with van der Waals surface area (Å²) < 4.78 is 6.90. The van der Waals surface area contributed by atoms with Crippen LogP contribution in [0.25, 0.3) is 0 Å². The van der Waals surface area contributed by atoms with Gasteiger partial charge in [0.25, 0.3) is 0 Å². The summed E-state index contributed by atoms with van der Waals surface area (Å²) in [6, 6.07) is 8.16. The predicted molar refractivity (Wildman–Crippen MR) is 83.6 cm³/mol. The first-order valence-corrected chi connectivity index (χ1v) is 7.60. The monoisotopic (exact) mass is 299 g/mol. The van der Waals surface area contributed by atoms with Crippen molar-refractivity contribution in [2.24, 2.45) is 0 Å². The van der Waals surface area contributed by atoms with Gasteiger partial charge in [0, 0.05) is 12.7 Å². The number of methoxy groups -OCH3 is 1. The molecule has 1 aromatic heterocycles. The van der Waals surface area contributed by atoms with Crippen LogP contribution in [0.5, 0.6) is 5.75 Å². The van der Waals surface area contributed by atoms with Gasteiger partial charge < -0.3 is 9.64 Å². The molecule has 2 aromatic rings. The van der Waals surface area contributed by atoms with Crippen LogP contribution in [0.4, 0.5) is 0 Å². The number of carbonyl (C=O) groups is 1. The van der Waals surface area contributed by atoms with Crippen molar-refractivity contribution >= 4 is 5.91 Å². The molecule has 1 amide bonds. The number of benzene rings is 1. The van der Waals surface area contributed by atoms with E-state index in [0.717, 1.165) is 30.7 Å². The standard InChI is InChI=1S/C17H21N3O2/c1-13-10-18-19(11-13)12-17(21)20-9-3-4-16(20)14-5-7-15(22-2)8-6-14/h5-8,10-11,16H,3-4,9,12H2,1-2H3/t16-/m0/s1. The average Bonchev–Trinajstić information content (AvgIpc) is 3.16. The van der Waals surface area contributed by atoms with Gasteiger partial charge in [-0.15, -0.1) is 0 Å². The van der Waals surface area contributed by atoms with E-state index in [1.807, 2.05) is 42.3 Å². The molecule has 0 unspecified atom stereocenters. The molecule has 1 aliphatic heterocycles. The Hall–Kier alpha value is -2.30. The van der Waals surface area contributed by atoms with Gasteiger partial charge in [-0.25, -0.2) is 0 Å². The second-order valence-electron chi connectivity index (χ2n) is 5.73. The Morgan fingerprint density at radius 1 is 1.36 bits per heavy atom. The number of carbonyl (C=O) groups excluding carboxylic acids is 1. The van der Waals surface area contributed by atoms with Crippen molar-refractivity contribution in [1.29, 1.82) is 0 Å². The van der Waals surface area contributed by atoms with Crippen molar-refractivity contribution < 1.29 is 9.53 Å². The summed E-state index contributed by atoms with van der Waals surface area (Å²) >= 11 is 0. The first kappa shape index (κ1) is 14.6. The molecule has 0 radical (unpaired) electrons. The molecule has 1 fully saturated rings. The van der Waals surface area contributed by atoms with E-state index < -0.39 is 0 Å². The SMILES string of the molecule is COc1ccc([C@@H]2CCCN2C(=O)Cn2cc(C)cn2)cc1. The molecule has 2 heterocycles. The van der Waals surface area contributed by atoms with Crippen LogP contribution >= 0.6 is 0 Å². The first-order valence-electron chi connectivity index (χ1n) is 7.60. The smallest absolute Gasteiger partial charge is 0.244 e. The van der Waals surface area contributed by atoms with Crippen molar-refractivity contribution in [3.8, 4) is 5.75 Å². The fourth-order valence-electron chi connectivity index (χ4n) is 3.02. The zero-order chi connectivity index (χ0) is 15.5. The number of aromatic nitrogens is 2. The van der Waals surface area contributed by atoms with E-state index >= 15 is 0 Å². The summed E-state index contributed by atoms with van der Waals surface area (Å²) in [6.07, 6.45) is 5.73. The molecule has 22 heavy (non-hydrogen) atoms.